The van der Waals surface area contributed by atoms with Gasteiger partial charge in [0.1, 0.15) is 11.3 Å². The second-order valence-corrected chi connectivity index (χ2v) is 8.83. The molecule has 3 heterocycles. The number of carboxylic acids is 1. The van der Waals surface area contributed by atoms with E-state index < -0.39 is 17.5 Å². The molecule has 0 fully saturated rings. The minimum absolute atomic E-state index is 0.0490. The number of pyridine rings is 1. The van der Waals surface area contributed by atoms with Crippen LogP contribution >= 0.6 is 11.6 Å². The molecule has 4 aromatic rings. The number of rotatable bonds is 5. The Morgan fingerprint density at radius 1 is 1.21 bits per heavy atom. The molecular weight excluding hydrogens is 461 g/mol. The van der Waals surface area contributed by atoms with Crippen molar-refractivity contribution in [2.45, 2.75) is 33.4 Å². The quantitative estimate of drug-likeness (QED) is 0.353. The van der Waals surface area contributed by atoms with Crippen molar-refractivity contribution in [1.29, 1.82) is 0 Å². The molecule has 0 unspecified atom stereocenters. The van der Waals surface area contributed by atoms with E-state index in [1.807, 2.05) is 6.92 Å². The first-order valence-corrected chi connectivity index (χ1v) is 10.7. The van der Waals surface area contributed by atoms with Crippen molar-refractivity contribution in [2.75, 3.05) is 0 Å². The molecule has 34 heavy (non-hydrogen) atoms. The number of carbonyl (C=O) groups excluding carboxylic acids is 1. The molecule has 0 bridgehead atoms. The lowest BCUT2D eigenvalue weighted by Gasteiger charge is -2.14. The summed E-state index contributed by atoms with van der Waals surface area (Å²) >= 11 is 6.38. The van der Waals surface area contributed by atoms with Gasteiger partial charge in [-0.2, -0.15) is 0 Å². The van der Waals surface area contributed by atoms with Crippen molar-refractivity contribution in [1.82, 2.24) is 14.7 Å². The van der Waals surface area contributed by atoms with E-state index >= 15 is 4.39 Å². The van der Waals surface area contributed by atoms with Crippen molar-refractivity contribution in [3.63, 3.8) is 0 Å². The molecule has 0 amide bonds. The third-order valence-corrected chi connectivity index (χ3v) is 5.73. The highest BCUT2D eigenvalue weighted by Crippen LogP contribution is 2.39. The molecule has 0 aliphatic carbocycles. The van der Waals surface area contributed by atoms with Gasteiger partial charge in [-0.05, 0) is 56.5 Å². The lowest BCUT2D eigenvalue weighted by Crippen LogP contribution is -2.18. The van der Waals surface area contributed by atoms with Crippen molar-refractivity contribution >= 4 is 40.5 Å². The van der Waals surface area contributed by atoms with Gasteiger partial charge >= 0.3 is 5.97 Å². The van der Waals surface area contributed by atoms with Crippen LogP contribution in [-0.4, -0.2) is 31.7 Å². The second-order valence-electron chi connectivity index (χ2n) is 8.42. The monoisotopic (exact) mass is 481 g/mol. The Morgan fingerprint density at radius 2 is 1.94 bits per heavy atom. The van der Waals surface area contributed by atoms with Gasteiger partial charge in [-0.25, -0.2) is 9.18 Å². The molecule has 0 atom stereocenters. The van der Waals surface area contributed by atoms with E-state index in [0.717, 1.165) is 11.6 Å². The molecule has 3 aromatic heterocycles. The van der Waals surface area contributed by atoms with E-state index in [-0.39, 0.29) is 22.0 Å². The SMILES string of the molecule is Cc1cncc(Cl)c1-c1noc(C(C)(C)F)c1C(=O)n1cc(C)c2c(/C=C/C(=O)O)cccc21. The number of hydrogen-bond donors (Lipinski definition) is 1. The first kappa shape index (κ1) is 23.4. The second kappa shape index (κ2) is 8.53. The molecule has 1 aromatic carbocycles. The van der Waals surface area contributed by atoms with Gasteiger partial charge in [0, 0.05) is 35.6 Å². The average molecular weight is 482 g/mol. The van der Waals surface area contributed by atoms with Crippen LogP contribution < -0.4 is 0 Å². The topological polar surface area (TPSA) is 98.2 Å². The zero-order valence-corrected chi connectivity index (χ0v) is 19.6. The van der Waals surface area contributed by atoms with Gasteiger partial charge < -0.3 is 9.63 Å². The van der Waals surface area contributed by atoms with E-state index in [1.54, 1.807) is 37.5 Å². The lowest BCUT2D eigenvalue weighted by atomic mass is 9.97. The summed E-state index contributed by atoms with van der Waals surface area (Å²) in [6.45, 7) is 6.13. The summed E-state index contributed by atoms with van der Waals surface area (Å²) in [6, 6.07) is 5.20. The largest absolute Gasteiger partial charge is 0.478 e. The predicted molar refractivity (Wildman–Crippen MR) is 127 cm³/mol. The fourth-order valence-electron chi connectivity index (χ4n) is 4.00. The van der Waals surface area contributed by atoms with Gasteiger partial charge in [-0.3, -0.25) is 14.3 Å². The highest BCUT2D eigenvalue weighted by molar-refractivity contribution is 6.33. The summed E-state index contributed by atoms with van der Waals surface area (Å²) in [5.74, 6) is -1.86. The minimum atomic E-state index is -2.00. The Bertz CT molecular complexity index is 1460. The number of aliphatic carboxylic acids is 1. The molecule has 0 saturated heterocycles. The van der Waals surface area contributed by atoms with Gasteiger partial charge in [-0.1, -0.05) is 28.9 Å². The minimum Gasteiger partial charge on any atom is -0.478 e. The fourth-order valence-corrected chi connectivity index (χ4v) is 4.30. The summed E-state index contributed by atoms with van der Waals surface area (Å²) in [4.78, 5) is 29.0. The summed E-state index contributed by atoms with van der Waals surface area (Å²) in [5.41, 5.74) is 1.05. The maximum Gasteiger partial charge on any atom is 0.328 e. The summed E-state index contributed by atoms with van der Waals surface area (Å²) < 4.78 is 21.9. The number of aromatic nitrogens is 3. The Labute approximate surface area is 199 Å². The molecule has 0 spiro atoms. The van der Waals surface area contributed by atoms with E-state index in [9.17, 15) is 9.59 Å². The summed E-state index contributed by atoms with van der Waals surface area (Å²) in [5, 5.41) is 14.0. The Morgan fingerprint density at radius 3 is 2.59 bits per heavy atom. The van der Waals surface area contributed by atoms with Crippen molar-refractivity contribution in [3.8, 4) is 11.3 Å². The fraction of sp³-hybridized carbons (Fsp3) is 0.200. The van der Waals surface area contributed by atoms with Crippen molar-refractivity contribution in [3.05, 3.63) is 75.9 Å². The number of hydrogen-bond acceptors (Lipinski definition) is 5. The van der Waals surface area contributed by atoms with E-state index in [0.29, 0.717) is 27.6 Å². The number of aryl methyl sites for hydroxylation is 2. The maximum atomic E-state index is 15.1. The Balaban J connectivity index is 1.98. The average Bonchev–Trinajstić information content (AvgIpc) is 3.34. The van der Waals surface area contributed by atoms with Crippen LogP contribution in [0, 0.1) is 13.8 Å². The molecule has 9 heteroatoms. The number of benzene rings is 1. The van der Waals surface area contributed by atoms with Crippen LogP contribution in [0.3, 0.4) is 0 Å². The normalized spacial score (nSPS) is 12.1. The number of carboxylic acid groups (broad SMARTS) is 1. The molecular formula is C25H21ClFN3O4. The van der Waals surface area contributed by atoms with Crippen LogP contribution in [-0.2, 0) is 10.5 Å². The maximum absolute atomic E-state index is 15.1. The number of carbonyl (C=O) groups is 2. The molecule has 4 rings (SSSR count). The van der Waals surface area contributed by atoms with Gasteiger partial charge in [0.15, 0.2) is 11.4 Å². The standard InChI is InChI=1S/C25H21ClFN3O4/c1-13-10-28-11-16(26)20(13)22-21(23(34-29-22)25(3,4)27)24(33)30-12-14(2)19-15(8-9-18(31)32)6-5-7-17(19)30/h5-12H,1-4H3,(H,31,32)/b9-8+. The molecule has 0 saturated carbocycles. The van der Waals surface area contributed by atoms with Crippen LogP contribution in [0.15, 0.2) is 47.4 Å². The van der Waals surface area contributed by atoms with Crippen LogP contribution in [0.2, 0.25) is 5.02 Å². The van der Waals surface area contributed by atoms with Crippen LogP contribution in [0.5, 0.6) is 0 Å². The third kappa shape index (κ3) is 4.01. The third-order valence-electron chi connectivity index (χ3n) is 5.45. The summed E-state index contributed by atoms with van der Waals surface area (Å²) in [6.07, 6.45) is 7.11. The molecule has 0 aliphatic rings. The zero-order valence-electron chi connectivity index (χ0n) is 18.9. The molecule has 1 N–H and O–H groups in total. The van der Waals surface area contributed by atoms with Gasteiger partial charge in [-0.15, -0.1) is 0 Å². The number of nitrogens with zero attached hydrogens (tertiary/aromatic N) is 3. The first-order chi connectivity index (χ1) is 16.0. The highest BCUT2D eigenvalue weighted by Gasteiger charge is 2.36. The number of halogens is 2. The lowest BCUT2D eigenvalue weighted by molar-refractivity contribution is -0.131. The molecule has 174 valence electrons. The zero-order chi connectivity index (χ0) is 24.8. The highest BCUT2D eigenvalue weighted by atomic mass is 35.5. The predicted octanol–water partition coefficient (Wildman–Crippen LogP) is 5.95. The van der Waals surface area contributed by atoms with Crippen LogP contribution in [0.1, 0.15) is 46.7 Å². The number of alkyl halides is 1. The van der Waals surface area contributed by atoms with Crippen molar-refractivity contribution in [2.24, 2.45) is 0 Å². The Hall–Kier alpha value is -3.78. The molecule has 7 nitrogen and oxygen atoms in total. The van der Waals surface area contributed by atoms with Crippen LogP contribution in [0.4, 0.5) is 4.39 Å². The Kier molecular flexibility index (Phi) is 5.87. The van der Waals surface area contributed by atoms with Crippen LogP contribution in [0.25, 0.3) is 28.2 Å². The van der Waals surface area contributed by atoms with E-state index in [2.05, 4.69) is 10.1 Å². The number of fused-ring (bicyclic) bond motifs is 1. The van der Waals surface area contributed by atoms with E-state index in [4.69, 9.17) is 21.2 Å². The van der Waals surface area contributed by atoms with Gasteiger partial charge in [0.05, 0.1) is 10.5 Å². The van der Waals surface area contributed by atoms with E-state index in [1.165, 1.54) is 30.7 Å². The van der Waals surface area contributed by atoms with Gasteiger partial charge in [0.2, 0.25) is 0 Å². The van der Waals surface area contributed by atoms with Crippen molar-refractivity contribution < 1.29 is 23.6 Å². The molecule has 0 radical (unpaired) electrons. The molecule has 0 aliphatic heterocycles. The van der Waals surface area contributed by atoms with Gasteiger partial charge in [0.25, 0.3) is 5.91 Å². The smallest absolute Gasteiger partial charge is 0.328 e. The first-order valence-electron chi connectivity index (χ1n) is 10.4. The summed E-state index contributed by atoms with van der Waals surface area (Å²) in [7, 11) is 0.